The van der Waals surface area contributed by atoms with Gasteiger partial charge in [-0.3, -0.25) is 14.9 Å². The number of rotatable bonds is 6. The summed E-state index contributed by atoms with van der Waals surface area (Å²) in [6.45, 7) is 0. The van der Waals surface area contributed by atoms with Crippen LogP contribution >= 0.6 is 27.3 Å². The van der Waals surface area contributed by atoms with Gasteiger partial charge in [-0.1, -0.05) is 15.9 Å². The number of methoxy groups -OCH3 is 2. The van der Waals surface area contributed by atoms with Crippen molar-refractivity contribution in [3.05, 3.63) is 61.4 Å². The summed E-state index contributed by atoms with van der Waals surface area (Å²) in [4.78, 5) is 23.1. The minimum Gasteiger partial charge on any atom is -0.493 e. The van der Waals surface area contributed by atoms with Crippen molar-refractivity contribution in [3.8, 4) is 11.5 Å². The van der Waals surface area contributed by atoms with E-state index in [1.165, 1.54) is 43.9 Å². The van der Waals surface area contributed by atoms with Gasteiger partial charge in [-0.15, -0.1) is 11.3 Å². The first-order chi connectivity index (χ1) is 13.4. The molecular formula is C18H14BrN3O5S. The molecule has 3 rings (SSSR count). The van der Waals surface area contributed by atoms with Gasteiger partial charge in [-0.25, -0.2) is 5.43 Å². The predicted molar refractivity (Wildman–Crippen MR) is 111 cm³/mol. The summed E-state index contributed by atoms with van der Waals surface area (Å²) in [5, 5.41) is 15.5. The SMILES string of the molecule is COc1cc(Br)cc(C=NNC(=O)c2cc3cc([N+](=O)[O-])ccc3s2)c1OC. The first-order valence-corrected chi connectivity index (χ1v) is 9.46. The minimum absolute atomic E-state index is 0.0222. The van der Waals surface area contributed by atoms with Crippen LogP contribution in [0.1, 0.15) is 15.2 Å². The van der Waals surface area contributed by atoms with Gasteiger partial charge in [-0.2, -0.15) is 5.10 Å². The highest BCUT2D eigenvalue weighted by molar-refractivity contribution is 9.10. The standard InChI is InChI=1S/C18H14BrN3O5S/c1-26-14-8-12(19)5-11(17(14)27-2)9-20-21-18(23)16-7-10-6-13(22(24)25)3-4-15(10)28-16/h3-9H,1-2H3,(H,21,23). The number of carbonyl (C=O) groups is 1. The fourth-order valence-corrected chi connectivity index (χ4v) is 3.91. The fraction of sp³-hybridized carbons (Fsp3) is 0.111. The summed E-state index contributed by atoms with van der Waals surface area (Å²) in [5.41, 5.74) is 3.04. The van der Waals surface area contributed by atoms with Gasteiger partial charge in [0.25, 0.3) is 11.6 Å². The lowest BCUT2D eigenvalue weighted by atomic mass is 10.2. The van der Waals surface area contributed by atoms with E-state index in [2.05, 4.69) is 26.5 Å². The molecule has 1 N–H and O–H groups in total. The molecule has 0 radical (unpaired) electrons. The van der Waals surface area contributed by atoms with Crippen LogP contribution in [0.5, 0.6) is 11.5 Å². The molecule has 2 aromatic carbocycles. The van der Waals surface area contributed by atoms with Gasteiger partial charge in [0, 0.05) is 32.3 Å². The zero-order valence-electron chi connectivity index (χ0n) is 14.8. The number of thiophene rings is 1. The molecule has 0 aliphatic rings. The third-order valence-electron chi connectivity index (χ3n) is 3.78. The van der Waals surface area contributed by atoms with Gasteiger partial charge < -0.3 is 9.47 Å². The third-order valence-corrected chi connectivity index (χ3v) is 5.35. The molecule has 0 saturated heterocycles. The van der Waals surface area contributed by atoms with Gasteiger partial charge in [-0.05, 0) is 24.3 Å². The van der Waals surface area contributed by atoms with Crippen molar-refractivity contribution in [1.29, 1.82) is 0 Å². The average molecular weight is 464 g/mol. The number of halogens is 1. The summed E-state index contributed by atoms with van der Waals surface area (Å²) in [5.74, 6) is 0.592. The van der Waals surface area contributed by atoms with Crippen LogP contribution in [0, 0.1) is 10.1 Å². The van der Waals surface area contributed by atoms with Crippen molar-refractivity contribution in [1.82, 2.24) is 5.43 Å². The predicted octanol–water partition coefficient (Wildman–Crippen LogP) is 4.35. The summed E-state index contributed by atoms with van der Waals surface area (Å²) in [6, 6.07) is 9.59. The number of nitrogens with one attached hydrogen (secondary N) is 1. The first kappa shape index (κ1) is 19.8. The smallest absolute Gasteiger partial charge is 0.281 e. The number of nitro groups is 1. The monoisotopic (exact) mass is 463 g/mol. The molecule has 0 spiro atoms. The van der Waals surface area contributed by atoms with E-state index in [1.807, 2.05) is 0 Å². The molecule has 144 valence electrons. The number of hydrogen-bond acceptors (Lipinski definition) is 7. The van der Waals surface area contributed by atoms with Crippen LogP contribution in [0.2, 0.25) is 0 Å². The van der Waals surface area contributed by atoms with E-state index in [0.29, 0.717) is 27.3 Å². The molecule has 1 heterocycles. The lowest BCUT2D eigenvalue weighted by Crippen LogP contribution is -2.16. The van der Waals surface area contributed by atoms with Crippen LogP contribution in [0.4, 0.5) is 5.69 Å². The van der Waals surface area contributed by atoms with Gasteiger partial charge in [0.15, 0.2) is 11.5 Å². The fourth-order valence-electron chi connectivity index (χ4n) is 2.53. The quantitative estimate of drug-likeness (QED) is 0.332. The number of fused-ring (bicyclic) bond motifs is 1. The maximum atomic E-state index is 12.4. The molecule has 1 aromatic heterocycles. The molecule has 8 nitrogen and oxygen atoms in total. The zero-order valence-corrected chi connectivity index (χ0v) is 17.2. The van der Waals surface area contributed by atoms with Crippen molar-refractivity contribution in [2.45, 2.75) is 0 Å². The highest BCUT2D eigenvalue weighted by atomic mass is 79.9. The van der Waals surface area contributed by atoms with Gasteiger partial charge >= 0.3 is 0 Å². The Morgan fingerprint density at radius 1 is 1.25 bits per heavy atom. The molecule has 0 unspecified atom stereocenters. The van der Waals surface area contributed by atoms with E-state index in [1.54, 1.807) is 24.3 Å². The minimum atomic E-state index is -0.471. The van der Waals surface area contributed by atoms with E-state index < -0.39 is 10.8 Å². The Hall–Kier alpha value is -2.98. The van der Waals surface area contributed by atoms with Crippen molar-refractivity contribution in [2.24, 2.45) is 5.10 Å². The van der Waals surface area contributed by atoms with Crippen molar-refractivity contribution >= 4 is 55.2 Å². The second kappa shape index (κ2) is 8.36. The number of amides is 1. The Morgan fingerprint density at radius 2 is 2.04 bits per heavy atom. The highest BCUT2D eigenvalue weighted by Crippen LogP contribution is 2.33. The Bertz CT molecular complexity index is 1100. The molecular weight excluding hydrogens is 450 g/mol. The van der Waals surface area contributed by atoms with E-state index in [-0.39, 0.29) is 5.69 Å². The average Bonchev–Trinajstić information content (AvgIpc) is 3.10. The molecule has 0 aliphatic carbocycles. The van der Waals surface area contributed by atoms with Crippen LogP contribution in [0.15, 0.2) is 46.0 Å². The second-order valence-electron chi connectivity index (χ2n) is 5.52. The number of carbonyl (C=O) groups excluding carboxylic acids is 1. The number of nitro benzene ring substituents is 1. The largest absolute Gasteiger partial charge is 0.493 e. The topological polar surface area (TPSA) is 103 Å². The Labute approximate surface area is 172 Å². The Morgan fingerprint density at radius 3 is 2.71 bits per heavy atom. The van der Waals surface area contributed by atoms with E-state index in [0.717, 1.165) is 9.17 Å². The number of non-ortho nitro benzene ring substituents is 1. The number of ether oxygens (including phenoxy) is 2. The maximum Gasteiger partial charge on any atom is 0.281 e. The van der Waals surface area contributed by atoms with Gasteiger partial charge in [0.1, 0.15) is 0 Å². The van der Waals surface area contributed by atoms with Gasteiger partial charge in [0.05, 0.1) is 30.2 Å². The van der Waals surface area contributed by atoms with Crippen LogP contribution < -0.4 is 14.9 Å². The molecule has 0 bridgehead atoms. The Kier molecular flexibility index (Phi) is 5.90. The molecule has 0 aliphatic heterocycles. The van der Waals surface area contributed by atoms with E-state index >= 15 is 0 Å². The molecule has 1 amide bonds. The summed E-state index contributed by atoms with van der Waals surface area (Å²) in [6.07, 6.45) is 1.45. The van der Waals surface area contributed by atoms with Crippen LogP contribution in [0.3, 0.4) is 0 Å². The third kappa shape index (κ3) is 4.12. The molecule has 0 atom stereocenters. The number of hydrazone groups is 1. The first-order valence-electron chi connectivity index (χ1n) is 7.86. The summed E-state index contributed by atoms with van der Waals surface area (Å²) >= 11 is 4.61. The van der Waals surface area contributed by atoms with Crippen LogP contribution in [-0.4, -0.2) is 31.3 Å². The summed E-state index contributed by atoms with van der Waals surface area (Å²) < 4.78 is 12.1. The van der Waals surface area contributed by atoms with Crippen molar-refractivity contribution in [2.75, 3.05) is 14.2 Å². The van der Waals surface area contributed by atoms with Crippen LogP contribution in [-0.2, 0) is 0 Å². The van der Waals surface area contributed by atoms with Crippen molar-refractivity contribution in [3.63, 3.8) is 0 Å². The second-order valence-corrected chi connectivity index (χ2v) is 7.52. The number of benzene rings is 2. The van der Waals surface area contributed by atoms with E-state index in [4.69, 9.17) is 9.47 Å². The lowest BCUT2D eigenvalue weighted by molar-refractivity contribution is -0.384. The number of hydrogen-bond donors (Lipinski definition) is 1. The molecule has 10 heteroatoms. The van der Waals surface area contributed by atoms with Gasteiger partial charge in [0.2, 0.25) is 0 Å². The zero-order chi connectivity index (χ0) is 20.3. The molecule has 3 aromatic rings. The maximum absolute atomic E-state index is 12.4. The Balaban J connectivity index is 1.80. The lowest BCUT2D eigenvalue weighted by Gasteiger charge is -2.10. The van der Waals surface area contributed by atoms with E-state index in [9.17, 15) is 14.9 Å². The van der Waals surface area contributed by atoms with Crippen LogP contribution in [0.25, 0.3) is 10.1 Å². The molecule has 0 saturated carbocycles. The molecule has 28 heavy (non-hydrogen) atoms. The van der Waals surface area contributed by atoms with Crippen molar-refractivity contribution < 1.29 is 19.2 Å². The summed E-state index contributed by atoms with van der Waals surface area (Å²) in [7, 11) is 3.04. The highest BCUT2D eigenvalue weighted by Gasteiger charge is 2.14. The normalized spacial score (nSPS) is 11.0. The number of nitrogens with zero attached hydrogens (tertiary/aromatic N) is 2. The molecule has 0 fully saturated rings.